The molecule has 4 aromatic rings. The van der Waals surface area contributed by atoms with E-state index >= 15 is 0 Å². The highest BCUT2D eigenvalue weighted by atomic mass is 35.5. The summed E-state index contributed by atoms with van der Waals surface area (Å²) in [6, 6.07) is 8.40. The van der Waals surface area contributed by atoms with Crippen LogP contribution in [0.4, 0.5) is 10.3 Å². The highest BCUT2D eigenvalue weighted by molar-refractivity contribution is 7.23. The second-order valence-corrected chi connectivity index (χ2v) is 9.76. The quantitative estimate of drug-likeness (QED) is 0.403. The molecule has 144 valence electrons. The highest BCUT2D eigenvalue weighted by Gasteiger charge is 2.23. The molecule has 1 fully saturated rings. The van der Waals surface area contributed by atoms with Crippen LogP contribution < -0.4 is 9.80 Å². The van der Waals surface area contributed by atoms with Crippen LogP contribution in [0, 0.1) is 20.8 Å². The molecule has 7 heteroatoms. The number of thiazole rings is 2. The molecule has 28 heavy (non-hydrogen) atoms. The molecule has 0 amide bonds. The maximum absolute atomic E-state index is 6.38. The molecule has 0 spiro atoms. The first kappa shape index (κ1) is 18.2. The highest BCUT2D eigenvalue weighted by Crippen LogP contribution is 2.37. The molecule has 0 bridgehead atoms. The van der Waals surface area contributed by atoms with E-state index in [0.717, 1.165) is 57.2 Å². The van der Waals surface area contributed by atoms with Gasteiger partial charge in [-0.25, -0.2) is 9.97 Å². The van der Waals surface area contributed by atoms with Crippen molar-refractivity contribution < 1.29 is 0 Å². The van der Waals surface area contributed by atoms with Crippen LogP contribution in [0.1, 0.15) is 16.7 Å². The minimum absolute atomic E-state index is 0.795. The van der Waals surface area contributed by atoms with Gasteiger partial charge in [-0.3, -0.25) is 0 Å². The minimum atomic E-state index is 0.795. The lowest BCUT2D eigenvalue weighted by Crippen LogP contribution is -2.46. The van der Waals surface area contributed by atoms with Gasteiger partial charge in [-0.05, 0) is 49.6 Å². The lowest BCUT2D eigenvalue weighted by atomic mass is 10.1. The van der Waals surface area contributed by atoms with Gasteiger partial charge < -0.3 is 9.80 Å². The third-order valence-electron chi connectivity index (χ3n) is 5.58. The SMILES string of the molecule is Cc1ccc2sc(N3CCN(c4nc5c(C)ccc(Cl)c5s4)CC3)nc2c1C. The summed E-state index contributed by atoms with van der Waals surface area (Å²) in [7, 11) is 0. The summed E-state index contributed by atoms with van der Waals surface area (Å²) >= 11 is 9.88. The maximum Gasteiger partial charge on any atom is 0.186 e. The first-order valence-electron chi connectivity index (χ1n) is 9.43. The fourth-order valence-corrected chi connectivity index (χ4v) is 6.11. The van der Waals surface area contributed by atoms with Crippen LogP contribution in [-0.2, 0) is 0 Å². The van der Waals surface area contributed by atoms with Gasteiger partial charge in [0.25, 0.3) is 0 Å². The van der Waals surface area contributed by atoms with Gasteiger partial charge in [0.05, 0.1) is 25.5 Å². The molecule has 0 radical (unpaired) electrons. The Labute approximate surface area is 177 Å². The number of aromatic nitrogens is 2. The number of anilines is 2. The van der Waals surface area contributed by atoms with E-state index in [-0.39, 0.29) is 0 Å². The van der Waals surface area contributed by atoms with Gasteiger partial charge in [0, 0.05) is 26.2 Å². The predicted octanol–water partition coefficient (Wildman–Crippen LogP) is 5.81. The molecule has 0 aliphatic carbocycles. The Morgan fingerprint density at radius 2 is 1.39 bits per heavy atom. The monoisotopic (exact) mass is 428 g/mol. The molecule has 3 heterocycles. The van der Waals surface area contributed by atoms with E-state index in [0.29, 0.717) is 0 Å². The van der Waals surface area contributed by atoms with Gasteiger partial charge >= 0.3 is 0 Å². The fourth-order valence-electron chi connectivity index (χ4n) is 3.66. The van der Waals surface area contributed by atoms with Crippen molar-refractivity contribution in [2.24, 2.45) is 0 Å². The van der Waals surface area contributed by atoms with Crippen molar-refractivity contribution in [3.05, 3.63) is 46.0 Å². The second kappa shape index (κ2) is 6.87. The number of nitrogens with zero attached hydrogens (tertiary/aromatic N) is 4. The van der Waals surface area contributed by atoms with Crippen molar-refractivity contribution in [1.82, 2.24) is 9.97 Å². The Morgan fingerprint density at radius 1 is 0.786 bits per heavy atom. The Kier molecular flexibility index (Phi) is 4.45. The Balaban J connectivity index is 1.37. The zero-order valence-corrected chi connectivity index (χ0v) is 18.5. The normalized spacial score (nSPS) is 15.1. The number of hydrogen-bond donors (Lipinski definition) is 0. The van der Waals surface area contributed by atoms with Gasteiger partial charge in [0.15, 0.2) is 10.3 Å². The van der Waals surface area contributed by atoms with Crippen molar-refractivity contribution >= 4 is 65.0 Å². The summed E-state index contributed by atoms with van der Waals surface area (Å²) in [6.07, 6.45) is 0. The lowest BCUT2D eigenvalue weighted by molar-refractivity contribution is 0.651. The Hall–Kier alpha value is -1.89. The van der Waals surface area contributed by atoms with E-state index in [1.165, 1.54) is 21.4 Å². The smallest absolute Gasteiger partial charge is 0.186 e. The van der Waals surface area contributed by atoms with Gasteiger partial charge in [-0.2, -0.15) is 0 Å². The van der Waals surface area contributed by atoms with Crippen LogP contribution in [0.3, 0.4) is 0 Å². The molecule has 1 aliphatic heterocycles. The lowest BCUT2D eigenvalue weighted by Gasteiger charge is -2.34. The summed E-state index contributed by atoms with van der Waals surface area (Å²) in [5, 5.41) is 3.00. The zero-order chi connectivity index (χ0) is 19.4. The largest absolute Gasteiger partial charge is 0.345 e. The fraction of sp³-hybridized carbons (Fsp3) is 0.333. The summed E-state index contributed by atoms with van der Waals surface area (Å²) in [5.74, 6) is 0. The van der Waals surface area contributed by atoms with Crippen molar-refractivity contribution in [3.63, 3.8) is 0 Å². The van der Waals surface area contributed by atoms with E-state index in [1.54, 1.807) is 22.7 Å². The molecule has 0 atom stereocenters. The molecule has 2 aromatic heterocycles. The average molecular weight is 429 g/mol. The van der Waals surface area contributed by atoms with Crippen LogP contribution in [-0.4, -0.2) is 36.1 Å². The van der Waals surface area contributed by atoms with E-state index in [4.69, 9.17) is 21.6 Å². The second-order valence-electron chi connectivity index (χ2n) is 7.36. The van der Waals surface area contributed by atoms with Gasteiger partial charge in [0.2, 0.25) is 0 Å². The van der Waals surface area contributed by atoms with Gasteiger partial charge in [-0.15, -0.1) is 0 Å². The summed E-state index contributed by atoms with van der Waals surface area (Å²) in [5.41, 5.74) is 5.96. The molecule has 4 nitrogen and oxygen atoms in total. The minimum Gasteiger partial charge on any atom is -0.345 e. The number of fused-ring (bicyclic) bond motifs is 2. The van der Waals surface area contributed by atoms with E-state index in [9.17, 15) is 0 Å². The van der Waals surface area contributed by atoms with Crippen LogP contribution in [0.5, 0.6) is 0 Å². The third-order valence-corrected chi connectivity index (χ3v) is 8.24. The predicted molar refractivity (Wildman–Crippen MR) is 123 cm³/mol. The van der Waals surface area contributed by atoms with Gasteiger partial charge in [-0.1, -0.05) is 46.4 Å². The topological polar surface area (TPSA) is 32.3 Å². The molecule has 2 aromatic carbocycles. The van der Waals surface area contributed by atoms with Crippen molar-refractivity contribution in [2.75, 3.05) is 36.0 Å². The molecule has 0 unspecified atom stereocenters. The standard InChI is InChI=1S/C21H21ClN4S2/c1-12-5-7-16-18(14(12)3)24-20(27-16)25-8-10-26(11-9-25)21-23-17-13(2)4-6-15(22)19(17)28-21/h4-7H,8-11H2,1-3H3. The molecule has 0 N–H and O–H groups in total. The number of benzene rings is 2. The van der Waals surface area contributed by atoms with Crippen LogP contribution in [0.25, 0.3) is 20.4 Å². The van der Waals surface area contributed by atoms with Crippen LogP contribution in [0.2, 0.25) is 5.02 Å². The number of halogens is 1. The number of rotatable bonds is 2. The summed E-state index contributed by atoms with van der Waals surface area (Å²) in [4.78, 5) is 14.6. The molecule has 0 saturated carbocycles. The maximum atomic E-state index is 6.38. The number of aryl methyl sites for hydroxylation is 3. The van der Waals surface area contributed by atoms with E-state index < -0.39 is 0 Å². The van der Waals surface area contributed by atoms with E-state index in [2.05, 4.69) is 42.7 Å². The number of hydrogen-bond acceptors (Lipinski definition) is 6. The molecule has 1 saturated heterocycles. The first-order valence-corrected chi connectivity index (χ1v) is 11.4. The molecule has 5 rings (SSSR count). The molecule has 1 aliphatic rings. The first-order chi connectivity index (χ1) is 13.5. The molecular formula is C21H21ClN4S2. The van der Waals surface area contributed by atoms with Crippen molar-refractivity contribution in [3.8, 4) is 0 Å². The summed E-state index contributed by atoms with van der Waals surface area (Å²) in [6.45, 7) is 10.2. The van der Waals surface area contributed by atoms with Gasteiger partial charge in [0.1, 0.15) is 0 Å². The average Bonchev–Trinajstić information content (AvgIpc) is 3.34. The molecular weight excluding hydrogens is 408 g/mol. The summed E-state index contributed by atoms with van der Waals surface area (Å²) < 4.78 is 2.37. The van der Waals surface area contributed by atoms with Crippen LogP contribution in [0.15, 0.2) is 24.3 Å². The van der Waals surface area contributed by atoms with Crippen LogP contribution >= 0.6 is 34.3 Å². The van der Waals surface area contributed by atoms with E-state index in [1.807, 2.05) is 12.1 Å². The Morgan fingerprint density at radius 3 is 2.07 bits per heavy atom. The number of piperazine rings is 1. The Bertz CT molecular complexity index is 1150. The zero-order valence-electron chi connectivity index (χ0n) is 16.1. The van der Waals surface area contributed by atoms with Crippen molar-refractivity contribution in [1.29, 1.82) is 0 Å². The third kappa shape index (κ3) is 2.95. The van der Waals surface area contributed by atoms with Crippen molar-refractivity contribution in [2.45, 2.75) is 20.8 Å².